The van der Waals surface area contributed by atoms with Gasteiger partial charge in [0.2, 0.25) is 0 Å². The van der Waals surface area contributed by atoms with Crippen molar-refractivity contribution in [3.63, 3.8) is 0 Å². The fourth-order valence-electron chi connectivity index (χ4n) is 2.74. The molecule has 1 nitrogen and oxygen atoms in total. The smallest absolute Gasteiger partial charge is 0.130 e. The van der Waals surface area contributed by atoms with Gasteiger partial charge in [-0.15, -0.1) is 0 Å². The van der Waals surface area contributed by atoms with Gasteiger partial charge in [-0.25, -0.2) is 4.39 Å². The van der Waals surface area contributed by atoms with E-state index in [9.17, 15) is 4.39 Å². The first-order valence-electron chi connectivity index (χ1n) is 7.19. The van der Waals surface area contributed by atoms with Gasteiger partial charge in [-0.1, -0.05) is 48.0 Å². The quantitative estimate of drug-likeness (QED) is 0.814. The van der Waals surface area contributed by atoms with Crippen LogP contribution >= 0.6 is 11.6 Å². The second-order valence-electron chi connectivity index (χ2n) is 5.20. The maximum absolute atomic E-state index is 13.7. The van der Waals surface area contributed by atoms with Gasteiger partial charge in [0.05, 0.1) is 0 Å². The number of hydrogen-bond donors (Lipinski definition) is 1. The van der Waals surface area contributed by atoms with Crippen LogP contribution in [0.4, 0.5) is 4.39 Å². The standard InChI is InChI=1S/C18H17ClFN/c19-17-8-6-13-9-11-21-12-10-15(13)16(17)7-5-14-3-1-2-4-18(14)20/h1-8,21H,9-12H2. The average Bonchev–Trinajstić information content (AvgIpc) is 2.73. The summed E-state index contributed by atoms with van der Waals surface area (Å²) in [5.41, 5.74) is 4.21. The van der Waals surface area contributed by atoms with Crippen LogP contribution in [0.25, 0.3) is 12.2 Å². The van der Waals surface area contributed by atoms with E-state index in [1.807, 2.05) is 18.2 Å². The normalized spacial score (nSPS) is 15.0. The lowest BCUT2D eigenvalue weighted by atomic mass is 9.96. The molecule has 2 aromatic rings. The number of nitrogens with one attached hydrogen (secondary N) is 1. The van der Waals surface area contributed by atoms with Gasteiger partial charge in [-0.2, -0.15) is 0 Å². The van der Waals surface area contributed by atoms with E-state index < -0.39 is 0 Å². The lowest BCUT2D eigenvalue weighted by Crippen LogP contribution is -2.16. The third-order valence-electron chi connectivity index (χ3n) is 3.86. The molecule has 3 heteroatoms. The molecule has 1 N–H and O–H groups in total. The van der Waals surface area contributed by atoms with E-state index in [0.717, 1.165) is 36.5 Å². The van der Waals surface area contributed by atoms with Crippen LogP contribution in [0.3, 0.4) is 0 Å². The van der Waals surface area contributed by atoms with Crippen molar-refractivity contribution in [1.82, 2.24) is 5.32 Å². The van der Waals surface area contributed by atoms with Crippen molar-refractivity contribution in [2.24, 2.45) is 0 Å². The minimum Gasteiger partial charge on any atom is -0.316 e. The predicted octanol–water partition coefficient (Wildman–Crippen LogP) is 4.34. The van der Waals surface area contributed by atoms with Crippen molar-refractivity contribution < 1.29 is 4.39 Å². The number of fused-ring (bicyclic) bond motifs is 1. The van der Waals surface area contributed by atoms with E-state index in [4.69, 9.17) is 11.6 Å². The molecule has 1 aliphatic rings. The molecule has 0 radical (unpaired) electrons. The average molecular weight is 302 g/mol. The van der Waals surface area contributed by atoms with Crippen LogP contribution in [0.1, 0.15) is 22.3 Å². The molecule has 0 bridgehead atoms. The van der Waals surface area contributed by atoms with Crippen LogP contribution in [0, 0.1) is 5.82 Å². The molecule has 0 aliphatic carbocycles. The molecule has 21 heavy (non-hydrogen) atoms. The molecule has 2 aromatic carbocycles. The lowest BCUT2D eigenvalue weighted by Gasteiger charge is -2.11. The summed E-state index contributed by atoms with van der Waals surface area (Å²) in [7, 11) is 0. The first kappa shape index (κ1) is 14.3. The molecular weight excluding hydrogens is 285 g/mol. The van der Waals surface area contributed by atoms with Crippen LogP contribution < -0.4 is 5.32 Å². The third kappa shape index (κ3) is 3.17. The van der Waals surface area contributed by atoms with Crippen LogP contribution in [0.5, 0.6) is 0 Å². The van der Waals surface area contributed by atoms with Crippen molar-refractivity contribution in [2.45, 2.75) is 12.8 Å². The summed E-state index contributed by atoms with van der Waals surface area (Å²) >= 11 is 6.36. The second-order valence-corrected chi connectivity index (χ2v) is 5.61. The van der Waals surface area contributed by atoms with Gasteiger partial charge in [0.1, 0.15) is 5.82 Å². The molecule has 0 spiro atoms. The van der Waals surface area contributed by atoms with Crippen molar-refractivity contribution in [3.8, 4) is 0 Å². The monoisotopic (exact) mass is 301 g/mol. The van der Waals surface area contributed by atoms with Crippen LogP contribution in [0.15, 0.2) is 36.4 Å². The molecule has 3 rings (SSSR count). The van der Waals surface area contributed by atoms with Crippen molar-refractivity contribution in [1.29, 1.82) is 0 Å². The number of benzene rings is 2. The molecule has 0 amide bonds. The van der Waals surface area contributed by atoms with Gasteiger partial charge in [0.25, 0.3) is 0 Å². The highest BCUT2D eigenvalue weighted by atomic mass is 35.5. The van der Waals surface area contributed by atoms with Crippen molar-refractivity contribution in [3.05, 3.63) is 69.5 Å². The fraction of sp³-hybridized carbons (Fsp3) is 0.222. The molecule has 0 aromatic heterocycles. The Hall–Kier alpha value is -1.64. The number of hydrogen-bond acceptors (Lipinski definition) is 1. The number of halogens is 2. The van der Waals surface area contributed by atoms with Gasteiger partial charge >= 0.3 is 0 Å². The highest BCUT2D eigenvalue weighted by Gasteiger charge is 2.13. The van der Waals surface area contributed by atoms with Gasteiger partial charge in [-0.3, -0.25) is 0 Å². The predicted molar refractivity (Wildman–Crippen MR) is 87.1 cm³/mol. The zero-order chi connectivity index (χ0) is 14.7. The van der Waals surface area contributed by atoms with E-state index in [1.165, 1.54) is 17.2 Å². The maximum atomic E-state index is 13.7. The Morgan fingerprint density at radius 2 is 1.81 bits per heavy atom. The van der Waals surface area contributed by atoms with E-state index in [2.05, 4.69) is 11.4 Å². The Morgan fingerprint density at radius 3 is 2.67 bits per heavy atom. The summed E-state index contributed by atoms with van der Waals surface area (Å²) in [4.78, 5) is 0. The lowest BCUT2D eigenvalue weighted by molar-refractivity contribution is 0.625. The zero-order valence-corrected chi connectivity index (χ0v) is 12.5. The van der Waals surface area contributed by atoms with Crippen LogP contribution in [0.2, 0.25) is 5.02 Å². The molecule has 0 fully saturated rings. The first-order chi connectivity index (χ1) is 10.3. The Morgan fingerprint density at radius 1 is 1.00 bits per heavy atom. The Labute approximate surface area is 129 Å². The molecule has 108 valence electrons. The fourth-order valence-corrected chi connectivity index (χ4v) is 2.98. The van der Waals surface area contributed by atoms with Crippen LogP contribution in [-0.2, 0) is 12.8 Å². The van der Waals surface area contributed by atoms with Gasteiger partial charge in [0.15, 0.2) is 0 Å². The highest BCUT2D eigenvalue weighted by molar-refractivity contribution is 6.32. The van der Waals surface area contributed by atoms with E-state index >= 15 is 0 Å². The first-order valence-corrected chi connectivity index (χ1v) is 7.57. The van der Waals surface area contributed by atoms with Gasteiger partial charge in [0, 0.05) is 10.6 Å². The molecule has 0 saturated carbocycles. The summed E-state index contributed by atoms with van der Waals surface area (Å²) in [6.45, 7) is 1.94. The zero-order valence-electron chi connectivity index (χ0n) is 11.7. The summed E-state index contributed by atoms with van der Waals surface area (Å²) in [6.07, 6.45) is 5.69. The van der Waals surface area contributed by atoms with Gasteiger partial charge in [-0.05, 0) is 54.8 Å². The minimum absolute atomic E-state index is 0.214. The minimum atomic E-state index is -0.214. The summed E-state index contributed by atoms with van der Waals surface area (Å²) in [6, 6.07) is 10.8. The number of rotatable bonds is 2. The Bertz CT molecular complexity index is 679. The molecule has 0 unspecified atom stereocenters. The third-order valence-corrected chi connectivity index (χ3v) is 4.19. The van der Waals surface area contributed by atoms with Crippen molar-refractivity contribution >= 4 is 23.8 Å². The molecule has 0 saturated heterocycles. The second kappa shape index (κ2) is 6.42. The molecule has 0 atom stereocenters. The molecule has 1 aliphatic heterocycles. The summed E-state index contributed by atoms with van der Waals surface area (Å²) < 4.78 is 13.7. The highest BCUT2D eigenvalue weighted by Crippen LogP contribution is 2.27. The van der Waals surface area contributed by atoms with E-state index in [-0.39, 0.29) is 5.82 Å². The topological polar surface area (TPSA) is 12.0 Å². The molecule has 1 heterocycles. The SMILES string of the molecule is Fc1ccccc1C=Cc1c(Cl)ccc2c1CCNCC2. The van der Waals surface area contributed by atoms with E-state index in [0.29, 0.717) is 5.56 Å². The maximum Gasteiger partial charge on any atom is 0.130 e. The summed E-state index contributed by atoms with van der Waals surface area (Å²) in [5, 5.41) is 4.12. The van der Waals surface area contributed by atoms with Crippen LogP contribution in [-0.4, -0.2) is 13.1 Å². The Balaban J connectivity index is 2.00. The molecular formula is C18H17ClFN. The summed E-state index contributed by atoms with van der Waals surface area (Å²) in [5.74, 6) is -0.214. The largest absolute Gasteiger partial charge is 0.316 e. The van der Waals surface area contributed by atoms with Crippen molar-refractivity contribution in [2.75, 3.05) is 13.1 Å². The Kier molecular flexibility index (Phi) is 4.37. The van der Waals surface area contributed by atoms with E-state index in [1.54, 1.807) is 18.2 Å². The van der Waals surface area contributed by atoms with Gasteiger partial charge < -0.3 is 5.32 Å².